The highest BCUT2D eigenvalue weighted by molar-refractivity contribution is 5.91. The second kappa shape index (κ2) is 8.65. The molecule has 0 saturated carbocycles. The van der Waals surface area contributed by atoms with E-state index in [2.05, 4.69) is 5.32 Å². The van der Waals surface area contributed by atoms with E-state index in [4.69, 9.17) is 0 Å². The first-order valence-electron chi connectivity index (χ1n) is 8.77. The normalized spacial score (nSPS) is 18.2. The summed E-state index contributed by atoms with van der Waals surface area (Å²) in [4.78, 5) is 37.5. The second-order valence-electron chi connectivity index (χ2n) is 6.70. The number of nitrogens with one attached hydrogen (secondary N) is 1. The standard InChI is InChI=1S/C19H26N2O4/c1-3-4-5-16(19(24)25)20-18(23)15-10-17(22)21(12-15)11-14-8-6-13(2)7-9-14/h6-9,15-16H,3-5,10-12H2,1-2H3,(H,20,23)(H,24,25). The van der Waals surface area contributed by atoms with Crippen molar-refractivity contribution in [3.8, 4) is 0 Å². The van der Waals surface area contributed by atoms with Crippen LogP contribution >= 0.6 is 0 Å². The van der Waals surface area contributed by atoms with E-state index in [1.54, 1.807) is 4.90 Å². The van der Waals surface area contributed by atoms with Crippen LogP contribution in [0.1, 0.15) is 43.7 Å². The van der Waals surface area contributed by atoms with Gasteiger partial charge in [-0.3, -0.25) is 9.59 Å². The van der Waals surface area contributed by atoms with Gasteiger partial charge in [0.15, 0.2) is 0 Å². The molecule has 6 nitrogen and oxygen atoms in total. The SMILES string of the molecule is CCCCC(NC(=O)C1CC(=O)N(Cc2ccc(C)cc2)C1)C(=O)O. The minimum atomic E-state index is -1.03. The van der Waals surface area contributed by atoms with E-state index in [0.29, 0.717) is 19.5 Å². The Morgan fingerprint density at radius 2 is 2.00 bits per heavy atom. The third kappa shape index (κ3) is 5.31. The van der Waals surface area contributed by atoms with Crippen LogP contribution < -0.4 is 5.32 Å². The summed E-state index contributed by atoms with van der Waals surface area (Å²) in [6.45, 7) is 4.78. The molecule has 2 rings (SSSR count). The quantitative estimate of drug-likeness (QED) is 0.755. The van der Waals surface area contributed by atoms with Gasteiger partial charge in [-0.2, -0.15) is 0 Å². The molecule has 2 atom stereocenters. The first kappa shape index (κ1) is 19.0. The molecule has 0 aliphatic carbocycles. The van der Waals surface area contributed by atoms with Gasteiger partial charge < -0.3 is 15.3 Å². The zero-order chi connectivity index (χ0) is 18.4. The van der Waals surface area contributed by atoms with Gasteiger partial charge >= 0.3 is 5.97 Å². The molecule has 1 aromatic rings. The van der Waals surface area contributed by atoms with E-state index < -0.39 is 17.9 Å². The highest BCUT2D eigenvalue weighted by Gasteiger charge is 2.35. The van der Waals surface area contributed by atoms with Crippen molar-refractivity contribution >= 4 is 17.8 Å². The number of amides is 2. The van der Waals surface area contributed by atoms with E-state index in [1.165, 1.54) is 0 Å². The van der Waals surface area contributed by atoms with Crippen LogP contribution in [-0.2, 0) is 20.9 Å². The van der Waals surface area contributed by atoms with Crippen molar-refractivity contribution in [1.82, 2.24) is 10.2 Å². The molecule has 0 radical (unpaired) electrons. The molecule has 1 fully saturated rings. The number of unbranched alkanes of at least 4 members (excludes halogenated alkanes) is 1. The van der Waals surface area contributed by atoms with Crippen molar-refractivity contribution in [2.45, 2.75) is 52.1 Å². The largest absolute Gasteiger partial charge is 0.480 e. The fraction of sp³-hybridized carbons (Fsp3) is 0.526. The van der Waals surface area contributed by atoms with Crippen molar-refractivity contribution < 1.29 is 19.5 Å². The second-order valence-corrected chi connectivity index (χ2v) is 6.70. The molecule has 0 spiro atoms. The molecule has 2 N–H and O–H groups in total. The summed E-state index contributed by atoms with van der Waals surface area (Å²) in [7, 11) is 0. The maximum Gasteiger partial charge on any atom is 0.326 e. The van der Waals surface area contributed by atoms with Crippen molar-refractivity contribution in [2.75, 3.05) is 6.54 Å². The minimum absolute atomic E-state index is 0.0684. The first-order valence-corrected chi connectivity index (χ1v) is 8.77. The molecule has 136 valence electrons. The Kier molecular flexibility index (Phi) is 6.56. The fourth-order valence-electron chi connectivity index (χ4n) is 2.97. The van der Waals surface area contributed by atoms with Crippen LogP contribution in [-0.4, -0.2) is 40.4 Å². The molecule has 0 bridgehead atoms. The van der Waals surface area contributed by atoms with Gasteiger partial charge in [-0.15, -0.1) is 0 Å². The highest BCUT2D eigenvalue weighted by atomic mass is 16.4. The number of hydrogen-bond donors (Lipinski definition) is 2. The van der Waals surface area contributed by atoms with Gasteiger partial charge in [-0.25, -0.2) is 4.79 Å². The predicted molar refractivity (Wildman–Crippen MR) is 93.8 cm³/mol. The Hall–Kier alpha value is -2.37. The number of carboxylic acid groups (broad SMARTS) is 1. The molecular formula is C19H26N2O4. The van der Waals surface area contributed by atoms with Gasteiger partial charge in [-0.1, -0.05) is 49.6 Å². The lowest BCUT2D eigenvalue weighted by atomic mass is 10.1. The molecule has 1 saturated heterocycles. The van der Waals surface area contributed by atoms with Gasteiger partial charge in [0, 0.05) is 19.5 Å². The highest BCUT2D eigenvalue weighted by Crippen LogP contribution is 2.21. The molecule has 6 heteroatoms. The number of likely N-dealkylation sites (tertiary alicyclic amines) is 1. The van der Waals surface area contributed by atoms with E-state index in [9.17, 15) is 19.5 Å². The molecular weight excluding hydrogens is 320 g/mol. The molecule has 2 amide bonds. The molecule has 1 aromatic carbocycles. The molecule has 0 aromatic heterocycles. The molecule has 1 aliphatic rings. The summed E-state index contributed by atoms with van der Waals surface area (Å²) in [6.07, 6.45) is 2.15. The molecule has 25 heavy (non-hydrogen) atoms. The summed E-state index contributed by atoms with van der Waals surface area (Å²) >= 11 is 0. The van der Waals surface area contributed by atoms with E-state index in [0.717, 1.165) is 24.0 Å². The van der Waals surface area contributed by atoms with Crippen LogP contribution in [0.4, 0.5) is 0 Å². The summed E-state index contributed by atoms with van der Waals surface area (Å²) < 4.78 is 0. The first-order chi connectivity index (χ1) is 11.9. The Balaban J connectivity index is 1.92. The smallest absolute Gasteiger partial charge is 0.326 e. The number of rotatable bonds is 8. The maximum atomic E-state index is 12.4. The number of nitrogens with zero attached hydrogens (tertiary/aromatic N) is 1. The van der Waals surface area contributed by atoms with Crippen molar-refractivity contribution in [1.29, 1.82) is 0 Å². The summed E-state index contributed by atoms with van der Waals surface area (Å²) in [5, 5.41) is 11.8. The number of aryl methyl sites for hydroxylation is 1. The monoisotopic (exact) mass is 346 g/mol. The van der Waals surface area contributed by atoms with E-state index >= 15 is 0 Å². The third-order valence-corrected chi connectivity index (χ3v) is 4.54. The molecule has 1 aliphatic heterocycles. The van der Waals surface area contributed by atoms with Gasteiger partial charge in [0.05, 0.1) is 5.92 Å². The summed E-state index contributed by atoms with van der Waals surface area (Å²) in [6, 6.07) is 7.05. The summed E-state index contributed by atoms with van der Waals surface area (Å²) in [5.74, 6) is -1.92. The Labute approximate surface area is 148 Å². The van der Waals surface area contributed by atoms with Crippen LogP contribution in [0.2, 0.25) is 0 Å². The van der Waals surface area contributed by atoms with Crippen molar-refractivity contribution in [3.05, 3.63) is 35.4 Å². The van der Waals surface area contributed by atoms with Crippen molar-refractivity contribution in [2.24, 2.45) is 5.92 Å². The Morgan fingerprint density at radius 3 is 2.60 bits per heavy atom. The number of aliphatic carboxylic acids is 1. The predicted octanol–water partition coefficient (Wildman–Crippen LogP) is 2.10. The van der Waals surface area contributed by atoms with Gasteiger partial charge in [0.2, 0.25) is 11.8 Å². The van der Waals surface area contributed by atoms with Crippen LogP contribution in [0.3, 0.4) is 0 Å². The average Bonchev–Trinajstić information content (AvgIpc) is 2.94. The van der Waals surface area contributed by atoms with Crippen LogP contribution in [0.5, 0.6) is 0 Å². The Bertz CT molecular complexity index is 627. The zero-order valence-corrected chi connectivity index (χ0v) is 14.8. The lowest BCUT2D eigenvalue weighted by Gasteiger charge is -2.18. The molecule has 2 unspecified atom stereocenters. The van der Waals surface area contributed by atoms with Gasteiger partial charge in [-0.05, 0) is 18.9 Å². The minimum Gasteiger partial charge on any atom is -0.480 e. The third-order valence-electron chi connectivity index (χ3n) is 4.54. The fourth-order valence-corrected chi connectivity index (χ4v) is 2.97. The lowest BCUT2D eigenvalue weighted by molar-refractivity contribution is -0.142. The lowest BCUT2D eigenvalue weighted by Crippen LogP contribution is -2.44. The number of carboxylic acids is 1. The van der Waals surface area contributed by atoms with E-state index in [1.807, 2.05) is 38.1 Å². The van der Waals surface area contributed by atoms with E-state index in [-0.39, 0.29) is 18.2 Å². The maximum absolute atomic E-state index is 12.4. The molecule has 1 heterocycles. The Morgan fingerprint density at radius 1 is 1.32 bits per heavy atom. The zero-order valence-electron chi connectivity index (χ0n) is 14.8. The number of hydrogen-bond acceptors (Lipinski definition) is 3. The number of carbonyl (C=O) groups excluding carboxylic acids is 2. The van der Waals surface area contributed by atoms with Crippen LogP contribution in [0.15, 0.2) is 24.3 Å². The number of benzene rings is 1. The van der Waals surface area contributed by atoms with Crippen LogP contribution in [0, 0.1) is 12.8 Å². The number of carbonyl (C=O) groups is 3. The van der Waals surface area contributed by atoms with Crippen LogP contribution in [0.25, 0.3) is 0 Å². The van der Waals surface area contributed by atoms with Gasteiger partial charge in [0.1, 0.15) is 6.04 Å². The van der Waals surface area contributed by atoms with Crippen molar-refractivity contribution in [3.63, 3.8) is 0 Å². The summed E-state index contributed by atoms with van der Waals surface area (Å²) in [5.41, 5.74) is 2.17. The van der Waals surface area contributed by atoms with Gasteiger partial charge in [0.25, 0.3) is 0 Å². The average molecular weight is 346 g/mol. The topological polar surface area (TPSA) is 86.7 Å².